The average molecular weight is 455 g/mol. The van der Waals surface area contributed by atoms with Crippen LogP contribution in [-0.4, -0.2) is 80.2 Å². The lowest BCUT2D eigenvalue weighted by molar-refractivity contribution is -0.138. The van der Waals surface area contributed by atoms with Gasteiger partial charge in [0.05, 0.1) is 36.9 Å². The van der Waals surface area contributed by atoms with Crippen molar-refractivity contribution in [3.63, 3.8) is 0 Å². The second-order valence-corrected chi connectivity index (χ2v) is 9.66. The molecule has 1 amide bonds. The van der Waals surface area contributed by atoms with Gasteiger partial charge in [-0.2, -0.15) is 0 Å². The number of carbonyl (C=O) groups is 2. The fraction of sp³-hybridized carbons (Fsp3) is 0.615. The molecule has 0 spiro atoms. The van der Waals surface area contributed by atoms with E-state index in [1.54, 1.807) is 7.11 Å². The van der Waals surface area contributed by atoms with Crippen LogP contribution in [0.4, 0.5) is 0 Å². The number of hydrogen-bond donors (Lipinski definition) is 0. The van der Waals surface area contributed by atoms with Crippen LogP contribution in [0.3, 0.4) is 0 Å². The quantitative estimate of drug-likeness (QED) is 0.658. The van der Waals surface area contributed by atoms with Crippen LogP contribution in [0.1, 0.15) is 42.9 Å². The summed E-state index contributed by atoms with van der Waals surface area (Å²) in [5, 5.41) is 0. The summed E-state index contributed by atoms with van der Waals surface area (Å²) in [6.07, 6.45) is 2.90. The molecule has 4 unspecified atom stereocenters. The van der Waals surface area contributed by atoms with Gasteiger partial charge in [0, 0.05) is 39.7 Å². The van der Waals surface area contributed by atoms with Gasteiger partial charge in [-0.1, -0.05) is 29.8 Å². The molecule has 2 fully saturated rings. The first-order valence-electron chi connectivity index (χ1n) is 12.2. The number of rotatable bonds is 6. The summed E-state index contributed by atoms with van der Waals surface area (Å²) in [5.41, 5.74) is 2.69. The van der Waals surface area contributed by atoms with Crippen LogP contribution in [0.15, 0.2) is 35.6 Å². The molecule has 0 bridgehead atoms. The summed E-state index contributed by atoms with van der Waals surface area (Å²) >= 11 is 0. The maximum absolute atomic E-state index is 13.7. The summed E-state index contributed by atoms with van der Waals surface area (Å²) < 4.78 is 17.3. The van der Waals surface area contributed by atoms with Crippen molar-refractivity contribution < 1.29 is 23.8 Å². The minimum Gasteiger partial charge on any atom is -0.483 e. The van der Waals surface area contributed by atoms with E-state index < -0.39 is 0 Å². The third-order valence-electron chi connectivity index (χ3n) is 7.60. The van der Waals surface area contributed by atoms with Crippen LogP contribution in [-0.2, 0) is 23.8 Å². The number of hydrogen-bond acceptors (Lipinski definition) is 6. The van der Waals surface area contributed by atoms with Crippen LogP contribution < -0.4 is 0 Å². The largest absolute Gasteiger partial charge is 0.483 e. The molecule has 0 aromatic heterocycles. The SMILES string of the molecule is COC1CCC2C(=O)C3=C(OC2C1)C(=O)N(CCCN1CCOCC1)C3c1ccc(C)cc1. The number of benzene rings is 1. The number of methoxy groups -OCH3 is 1. The molecule has 5 rings (SSSR count). The molecule has 0 radical (unpaired) electrons. The van der Waals surface area contributed by atoms with Gasteiger partial charge in [-0.15, -0.1) is 0 Å². The standard InChI is InChI=1S/C26H34N2O5/c1-17-4-6-18(7-5-17)23-22-24(29)20-9-8-19(31-2)16-21(20)33-25(22)26(30)28(23)11-3-10-27-12-14-32-15-13-27/h4-7,19-21,23H,3,8-16H2,1-2H3. The van der Waals surface area contributed by atoms with Crippen LogP contribution in [0.5, 0.6) is 0 Å². The van der Waals surface area contributed by atoms with Crippen molar-refractivity contribution >= 4 is 11.7 Å². The highest BCUT2D eigenvalue weighted by atomic mass is 16.5. The molecule has 1 aliphatic carbocycles. The Kier molecular flexibility index (Phi) is 6.54. The Morgan fingerprint density at radius 1 is 1.06 bits per heavy atom. The highest BCUT2D eigenvalue weighted by Gasteiger charge is 2.52. The fourth-order valence-corrected chi connectivity index (χ4v) is 5.71. The first-order valence-corrected chi connectivity index (χ1v) is 12.2. The van der Waals surface area contributed by atoms with Crippen LogP contribution in [0.2, 0.25) is 0 Å². The van der Waals surface area contributed by atoms with E-state index in [0.717, 1.165) is 63.2 Å². The van der Waals surface area contributed by atoms with Crippen molar-refractivity contribution in [2.45, 2.75) is 50.9 Å². The van der Waals surface area contributed by atoms with Gasteiger partial charge in [-0.05, 0) is 31.7 Å². The van der Waals surface area contributed by atoms with E-state index in [-0.39, 0.29) is 41.6 Å². The second kappa shape index (κ2) is 9.57. The first kappa shape index (κ1) is 22.6. The molecule has 3 heterocycles. The summed E-state index contributed by atoms with van der Waals surface area (Å²) in [6.45, 7) is 6.92. The number of morpholine rings is 1. The van der Waals surface area contributed by atoms with Gasteiger partial charge in [0.25, 0.3) is 5.91 Å². The van der Waals surface area contributed by atoms with E-state index in [1.807, 2.05) is 36.1 Å². The first-order chi connectivity index (χ1) is 16.1. The highest BCUT2D eigenvalue weighted by Crippen LogP contribution is 2.47. The molecule has 0 N–H and O–H groups in total. The summed E-state index contributed by atoms with van der Waals surface area (Å²) in [5.74, 6) is 0.0217. The van der Waals surface area contributed by atoms with E-state index in [2.05, 4.69) is 4.90 Å². The van der Waals surface area contributed by atoms with Gasteiger partial charge < -0.3 is 19.1 Å². The van der Waals surface area contributed by atoms with Gasteiger partial charge in [-0.3, -0.25) is 14.5 Å². The molecule has 1 saturated heterocycles. The molecule has 1 saturated carbocycles. The number of fused-ring (bicyclic) bond motifs is 1. The minimum absolute atomic E-state index is 0.0789. The molecule has 1 aromatic carbocycles. The Bertz CT molecular complexity index is 921. The lowest BCUT2D eigenvalue weighted by Crippen LogP contribution is -2.43. The number of aryl methyl sites for hydroxylation is 1. The number of Topliss-reactive ketones (excluding diaryl/α,β-unsaturated/α-hetero) is 1. The van der Waals surface area contributed by atoms with Crippen molar-refractivity contribution in [2.75, 3.05) is 46.5 Å². The van der Waals surface area contributed by atoms with Gasteiger partial charge in [0.15, 0.2) is 11.5 Å². The number of carbonyl (C=O) groups excluding carboxylic acids is 2. The Morgan fingerprint density at radius 2 is 1.82 bits per heavy atom. The van der Waals surface area contributed by atoms with E-state index >= 15 is 0 Å². The Hall–Kier alpha value is -2.22. The van der Waals surface area contributed by atoms with Crippen molar-refractivity contribution in [2.24, 2.45) is 5.92 Å². The highest BCUT2D eigenvalue weighted by molar-refractivity contribution is 6.11. The molecule has 3 aliphatic heterocycles. The van der Waals surface area contributed by atoms with Crippen molar-refractivity contribution in [3.8, 4) is 0 Å². The molecule has 4 aliphatic rings. The van der Waals surface area contributed by atoms with E-state index in [9.17, 15) is 9.59 Å². The Morgan fingerprint density at radius 3 is 2.55 bits per heavy atom. The van der Waals surface area contributed by atoms with Crippen molar-refractivity contribution in [1.82, 2.24) is 9.80 Å². The maximum Gasteiger partial charge on any atom is 0.290 e. The second-order valence-electron chi connectivity index (χ2n) is 9.66. The lowest BCUT2D eigenvalue weighted by Gasteiger charge is -2.38. The van der Waals surface area contributed by atoms with E-state index in [4.69, 9.17) is 14.2 Å². The minimum atomic E-state index is -0.369. The maximum atomic E-state index is 13.7. The van der Waals surface area contributed by atoms with Crippen molar-refractivity contribution in [1.29, 1.82) is 0 Å². The zero-order valence-corrected chi connectivity index (χ0v) is 19.6. The number of ketones is 1. The number of amides is 1. The van der Waals surface area contributed by atoms with Crippen LogP contribution in [0.25, 0.3) is 0 Å². The Labute approximate surface area is 195 Å². The molecular formula is C26H34N2O5. The zero-order chi connectivity index (χ0) is 22.9. The third kappa shape index (κ3) is 4.34. The number of ether oxygens (including phenoxy) is 3. The smallest absolute Gasteiger partial charge is 0.290 e. The summed E-state index contributed by atoms with van der Waals surface area (Å²) in [6, 6.07) is 7.81. The normalized spacial score (nSPS) is 30.3. The fourth-order valence-electron chi connectivity index (χ4n) is 5.71. The molecular weight excluding hydrogens is 420 g/mol. The summed E-state index contributed by atoms with van der Waals surface area (Å²) in [7, 11) is 1.70. The molecule has 7 nitrogen and oxygen atoms in total. The predicted octanol–water partition coefficient (Wildman–Crippen LogP) is 2.64. The molecule has 7 heteroatoms. The van der Waals surface area contributed by atoms with Gasteiger partial charge in [-0.25, -0.2) is 0 Å². The van der Waals surface area contributed by atoms with E-state index in [0.29, 0.717) is 18.5 Å². The van der Waals surface area contributed by atoms with Crippen LogP contribution >= 0.6 is 0 Å². The Balaban J connectivity index is 1.40. The van der Waals surface area contributed by atoms with Gasteiger partial charge in [0.1, 0.15) is 6.10 Å². The van der Waals surface area contributed by atoms with Gasteiger partial charge in [0.2, 0.25) is 0 Å². The third-order valence-corrected chi connectivity index (χ3v) is 7.60. The number of nitrogens with zero attached hydrogens (tertiary/aromatic N) is 2. The average Bonchev–Trinajstić information content (AvgIpc) is 3.12. The molecule has 33 heavy (non-hydrogen) atoms. The predicted molar refractivity (Wildman–Crippen MR) is 123 cm³/mol. The zero-order valence-electron chi connectivity index (χ0n) is 19.6. The van der Waals surface area contributed by atoms with Crippen LogP contribution in [0, 0.1) is 12.8 Å². The molecule has 178 valence electrons. The monoisotopic (exact) mass is 454 g/mol. The van der Waals surface area contributed by atoms with Crippen molar-refractivity contribution in [3.05, 3.63) is 46.7 Å². The van der Waals surface area contributed by atoms with Gasteiger partial charge >= 0.3 is 0 Å². The van der Waals surface area contributed by atoms with E-state index in [1.165, 1.54) is 0 Å². The molecule has 4 atom stereocenters. The lowest BCUT2D eigenvalue weighted by atomic mass is 9.76. The topological polar surface area (TPSA) is 68.3 Å². The summed E-state index contributed by atoms with van der Waals surface area (Å²) in [4.78, 5) is 31.5. The molecule has 1 aromatic rings.